The van der Waals surface area contributed by atoms with Crippen molar-refractivity contribution in [3.63, 3.8) is 0 Å². The highest BCUT2D eigenvalue weighted by Gasteiger charge is 2.29. The Labute approximate surface area is 169 Å². The number of halogens is 1. The minimum atomic E-state index is -0.649. The van der Waals surface area contributed by atoms with Gasteiger partial charge in [-0.2, -0.15) is 10.4 Å². The molecular weight excluding hydrogens is 430 g/mol. The largest absolute Gasteiger partial charge is 0.465 e. The van der Waals surface area contributed by atoms with Crippen LogP contribution in [0, 0.1) is 17.2 Å². The quantitative estimate of drug-likeness (QED) is 0.671. The molecule has 0 spiro atoms. The molecule has 0 unspecified atom stereocenters. The fraction of sp³-hybridized carbons (Fsp3) is 0.333. The van der Waals surface area contributed by atoms with Gasteiger partial charge in [-0.15, -0.1) is 0 Å². The Kier molecular flexibility index (Phi) is 5.96. The van der Waals surface area contributed by atoms with Crippen molar-refractivity contribution in [3.8, 4) is 6.07 Å². The minimum Gasteiger partial charge on any atom is -0.465 e. The number of methoxy groups -OCH3 is 1. The molecule has 3 rings (SSSR count). The van der Waals surface area contributed by atoms with Crippen LogP contribution in [0.5, 0.6) is 0 Å². The van der Waals surface area contributed by atoms with Gasteiger partial charge in [0, 0.05) is 23.0 Å². The third-order valence-electron chi connectivity index (χ3n) is 4.47. The lowest BCUT2D eigenvalue weighted by Gasteiger charge is -2.26. The smallest absolute Gasteiger partial charge is 0.339 e. The summed E-state index contributed by atoms with van der Waals surface area (Å²) in [7, 11) is 1.30. The molecule has 1 aliphatic heterocycles. The molecule has 146 valence electrons. The van der Waals surface area contributed by atoms with E-state index in [1.807, 2.05) is 0 Å². The van der Waals surface area contributed by atoms with Gasteiger partial charge in [0.1, 0.15) is 5.56 Å². The van der Waals surface area contributed by atoms with E-state index in [1.165, 1.54) is 13.3 Å². The summed E-state index contributed by atoms with van der Waals surface area (Å²) in [5.74, 6) is -1.13. The lowest BCUT2D eigenvalue weighted by Crippen LogP contribution is -2.29. The lowest BCUT2D eigenvalue weighted by molar-refractivity contribution is 0.0342. The first kappa shape index (κ1) is 19.9. The molecule has 1 saturated heterocycles. The van der Waals surface area contributed by atoms with E-state index in [0.717, 1.165) is 0 Å². The van der Waals surface area contributed by atoms with Gasteiger partial charge in [-0.3, -0.25) is 9.48 Å². The zero-order chi connectivity index (χ0) is 20.3. The zero-order valence-electron chi connectivity index (χ0n) is 15.0. The summed E-state index contributed by atoms with van der Waals surface area (Å²) in [6.45, 7) is 0.848. The van der Waals surface area contributed by atoms with E-state index in [9.17, 15) is 14.9 Å². The lowest BCUT2D eigenvalue weighted by atomic mass is 9.97. The van der Waals surface area contributed by atoms with Gasteiger partial charge in [-0.25, -0.2) is 4.79 Å². The molecule has 9 nitrogen and oxygen atoms in total. The van der Waals surface area contributed by atoms with Crippen molar-refractivity contribution in [1.29, 1.82) is 5.26 Å². The third kappa shape index (κ3) is 4.00. The van der Waals surface area contributed by atoms with Crippen LogP contribution in [0.4, 0.5) is 11.5 Å². The topological polar surface area (TPSA) is 132 Å². The van der Waals surface area contributed by atoms with Crippen LogP contribution < -0.4 is 11.1 Å². The molecule has 1 aromatic carbocycles. The number of aromatic nitrogens is 2. The summed E-state index contributed by atoms with van der Waals surface area (Å²) in [4.78, 5) is 23.6. The Bertz CT molecular complexity index is 952. The van der Waals surface area contributed by atoms with Gasteiger partial charge in [-0.1, -0.05) is 0 Å². The first-order valence-electron chi connectivity index (χ1n) is 8.45. The van der Waals surface area contributed by atoms with Gasteiger partial charge >= 0.3 is 5.97 Å². The maximum Gasteiger partial charge on any atom is 0.339 e. The average molecular weight is 448 g/mol. The maximum absolute atomic E-state index is 11.9. The number of esters is 1. The summed E-state index contributed by atoms with van der Waals surface area (Å²) in [6.07, 6.45) is 2.11. The number of amides is 1. The Balaban J connectivity index is 1.91. The molecule has 1 aliphatic rings. The highest BCUT2D eigenvalue weighted by Crippen LogP contribution is 2.29. The van der Waals surface area contributed by atoms with Crippen LogP contribution >= 0.6 is 15.9 Å². The number of primary amides is 1. The molecule has 0 saturated carbocycles. The molecule has 10 heteroatoms. The van der Waals surface area contributed by atoms with Crippen molar-refractivity contribution in [3.05, 3.63) is 40.0 Å². The highest BCUT2D eigenvalue weighted by molar-refractivity contribution is 9.10. The first-order valence-corrected chi connectivity index (χ1v) is 9.25. The molecule has 1 amide bonds. The summed E-state index contributed by atoms with van der Waals surface area (Å²) in [5.41, 5.74) is 6.63. The predicted molar refractivity (Wildman–Crippen MR) is 103 cm³/mol. The number of anilines is 2. The average Bonchev–Trinajstić information content (AvgIpc) is 3.11. The maximum atomic E-state index is 11.9. The first-order chi connectivity index (χ1) is 13.4. The summed E-state index contributed by atoms with van der Waals surface area (Å²) in [5, 5.41) is 16.8. The van der Waals surface area contributed by atoms with Crippen molar-refractivity contribution >= 4 is 39.3 Å². The molecule has 2 aromatic rings. The number of hydrogen-bond donors (Lipinski definition) is 2. The molecule has 1 aromatic heterocycles. The number of rotatable bonds is 5. The van der Waals surface area contributed by atoms with Gasteiger partial charge in [0.2, 0.25) is 0 Å². The van der Waals surface area contributed by atoms with E-state index in [-0.39, 0.29) is 23.3 Å². The van der Waals surface area contributed by atoms with E-state index in [2.05, 4.69) is 32.4 Å². The van der Waals surface area contributed by atoms with Crippen LogP contribution in [0.15, 0.2) is 28.9 Å². The van der Waals surface area contributed by atoms with Crippen LogP contribution in [-0.4, -0.2) is 42.0 Å². The molecule has 0 radical (unpaired) electrons. The van der Waals surface area contributed by atoms with Crippen molar-refractivity contribution in [1.82, 2.24) is 9.78 Å². The van der Waals surface area contributed by atoms with Gasteiger partial charge in [0.15, 0.2) is 5.82 Å². The number of ether oxygens (including phenoxy) is 2. The Hall–Kier alpha value is -2.90. The number of benzene rings is 1. The van der Waals surface area contributed by atoms with Crippen LogP contribution in [0.3, 0.4) is 0 Å². The molecular formula is C18H18BrN5O4. The fourth-order valence-electron chi connectivity index (χ4n) is 2.97. The van der Waals surface area contributed by atoms with E-state index in [0.29, 0.717) is 35.4 Å². The second-order valence-corrected chi connectivity index (χ2v) is 7.07. The van der Waals surface area contributed by atoms with Crippen LogP contribution in [0.1, 0.15) is 33.2 Å². The second kappa shape index (κ2) is 8.41. The standard InChI is InChI=1S/C18H18BrN5O4/c1-27-18(26)12-3-2-11(6-14(12)19)22-17-13(16(21)25)8-24(23-17)15-9-28-5-4-10(15)7-20/h2-3,6,8,10,15H,4-5,9H2,1H3,(H2,21,25)(H,22,23)/t10-,15+/m1/s1. The summed E-state index contributed by atoms with van der Waals surface area (Å²) < 4.78 is 12.2. The Morgan fingerprint density at radius 1 is 1.46 bits per heavy atom. The van der Waals surface area contributed by atoms with E-state index in [4.69, 9.17) is 15.2 Å². The molecule has 0 bridgehead atoms. The van der Waals surface area contributed by atoms with Crippen molar-refractivity contribution < 1.29 is 19.1 Å². The second-order valence-electron chi connectivity index (χ2n) is 6.21. The van der Waals surface area contributed by atoms with E-state index in [1.54, 1.807) is 22.9 Å². The third-order valence-corrected chi connectivity index (χ3v) is 5.12. The Morgan fingerprint density at radius 2 is 2.25 bits per heavy atom. The molecule has 3 N–H and O–H groups in total. The van der Waals surface area contributed by atoms with Gasteiger partial charge in [0.05, 0.1) is 37.3 Å². The molecule has 2 atom stereocenters. The Morgan fingerprint density at radius 3 is 2.89 bits per heavy atom. The monoisotopic (exact) mass is 447 g/mol. The molecule has 2 heterocycles. The van der Waals surface area contributed by atoms with Crippen LogP contribution in [0.25, 0.3) is 0 Å². The van der Waals surface area contributed by atoms with Gasteiger partial charge in [0.25, 0.3) is 5.91 Å². The molecule has 28 heavy (non-hydrogen) atoms. The molecule has 1 fully saturated rings. The SMILES string of the molecule is COC(=O)c1ccc(Nc2nn([C@H]3COCC[C@@H]3C#N)cc2C(N)=O)cc1Br. The fourth-order valence-corrected chi connectivity index (χ4v) is 3.51. The molecule has 0 aliphatic carbocycles. The van der Waals surface area contributed by atoms with Crippen molar-refractivity contribution in [2.75, 3.05) is 25.6 Å². The van der Waals surface area contributed by atoms with Crippen LogP contribution in [-0.2, 0) is 9.47 Å². The zero-order valence-corrected chi connectivity index (χ0v) is 16.6. The number of carbonyl (C=O) groups is 2. The number of nitrogens with one attached hydrogen (secondary N) is 1. The van der Waals surface area contributed by atoms with Crippen molar-refractivity contribution in [2.45, 2.75) is 12.5 Å². The number of nitriles is 1. The van der Waals surface area contributed by atoms with Crippen molar-refractivity contribution in [2.24, 2.45) is 11.7 Å². The number of carbonyl (C=O) groups excluding carboxylic acids is 2. The van der Waals surface area contributed by atoms with Gasteiger partial charge < -0.3 is 20.5 Å². The minimum absolute atomic E-state index is 0.190. The van der Waals surface area contributed by atoms with E-state index < -0.39 is 11.9 Å². The van der Waals surface area contributed by atoms with E-state index >= 15 is 0 Å². The summed E-state index contributed by atoms with van der Waals surface area (Å²) in [6, 6.07) is 6.86. The van der Waals surface area contributed by atoms with Crippen LogP contribution in [0.2, 0.25) is 0 Å². The predicted octanol–water partition coefficient (Wildman–Crippen LogP) is 2.38. The number of hydrogen-bond acceptors (Lipinski definition) is 7. The van der Waals surface area contributed by atoms with Gasteiger partial charge in [-0.05, 0) is 40.5 Å². The number of nitrogens with zero attached hydrogens (tertiary/aromatic N) is 3. The number of nitrogens with two attached hydrogens (primary N) is 1. The normalized spacial score (nSPS) is 18.9. The summed E-state index contributed by atoms with van der Waals surface area (Å²) >= 11 is 3.32. The highest BCUT2D eigenvalue weighted by atomic mass is 79.9.